The van der Waals surface area contributed by atoms with Crippen LogP contribution in [0.5, 0.6) is 11.8 Å². The number of aromatic nitrogens is 3. The standard InChI is InChI=1S/C16H18N4O3/c1-22-14-9-18-10-15(19-14)23-13-4-6-20(11-13)16(21)7-12-3-2-5-17-8-12/h2-3,5,8-10,13H,4,6-7,11H2,1H3. The van der Waals surface area contributed by atoms with Gasteiger partial charge in [0, 0.05) is 25.4 Å². The number of amides is 1. The second-order valence-electron chi connectivity index (χ2n) is 5.31. The molecule has 3 rings (SSSR count). The summed E-state index contributed by atoms with van der Waals surface area (Å²) in [6.07, 6.45) is 7.54. The van der Waals surface area contributed by atoms with Gasteiger partial charge in [0.15, 0.2) is 0 Å². The molecule has 23 heavy (non-hydrogen) atoms. The van der Waals surface area contributed by atoms with E-state index in [1.165, 1.54) is 13.3 Å². The lowest BCUT2D eigenvalue weighted by atomic mass is 10.2. The van der Waals surface area contributed by atoms with Crippen LogP contribution in [-0.2, 0) is 11.2 Å². The summed E-state index contributed by atoms with van der Waals surface area (Å²) in [5.41, 5.74) is 0.917. The highest BCUT2D eigenvalue weighted by Gasteiger charge is 2.28. The Morgan fingerprint density at radius 2 is 2.17 bits per heavy atom. The summed E-state index contributed by atoms with van der Waals surface area (Å²) in [6.45, 7) is 1.24. The molecule has 1 aliphatic heterocycles. The maximum Gasteiger partial charge on any atom is 0.235 e. The molecule has 0 bridgehead atoms. The van der Waals surface area contributed by atoms with Crippen molar-refractivity contribution in [2.75, 3.05) is 20.2 Å². The topological polar surface area (TPSA) is 77.4 Å². The van der Waals surface area contributed by atoms with Gasteiger partial charge >= 0.3 is 0 Å². The van der Waals surface area contributed by atoms with Crippen molar-refractivity contribution < 1.29 is 14.3 Å². The van der Waals surface area contributed by atoms with Gasteiger partial charge in [0.1, 0.15) is 6.10 Å². The third-order valence-electron chi connectivity index (χ3n) is 3.66. The summed E-state index contributed by atoms with van der Waals surface area (Å²) < 4.78 is 10.8. The zero-order valence-corrected chi connectivity index (χ0v) is 12.9. The van der Waals surface area contributed by atoms with E-state index in [1.807, 2.05) is 17.0 Å². The van der Waals surface area contributed by atoms with Crippen LogP contribution in [0.2, 0.25) is 0 Å². The third-order valence-corrected chi connectivity index (χ3v) is 3.66. The zero-order valence-electron chi connectivity index (χ0n) is 12.9. The summed E-state index contributed by atoms with van der Waals surface area (Å²) in [6, 6.07) is 3.74. The maximum atomic E-state index is 12.3. The molecule has 0 aromatic carbocycles. The summed E-state index contributed by atoms with van der Waals surface area (Å²) in [5, 5.41) is 0. The van der Waals surface area contributed by atoms with Gasteiger partial charge in [-0.25, -0.2) is 0 Å². The van der Waals surface area contributed by atoms with Crippen LogP contribution >= 0.6 is 0 Å². The van der Waals surface area contributed by atoms with Crippen molar-refractivity contribution in [3.05, 3.63) is 42.5 Å². The molecule has 2 aromatic rings. The van der Waals surface area contributed by atoms with E-state index in [2.05, 4.69) is 15.0 Å². The molecular weight excluding hydrogens is 296 g/mol. The van der Waals surface area contributed by atoms with Gasteiger partial charge in [-0.15, -0.1) is 0 Å². The highest BCUT2D eigenvalue weighted by molar-refractivity contribution is 5.79. The Morgan fingerprint density at radius 3 is 2.96 bits per heavy atom. The first kappa shape index (κ1) is 15.2. The highest BCUT2D eigenvalue weighted by Crippen LogP contribution is 2.18. The Balaban J connectivity index is 1.54. The molecule has 7 nitrogen and oxygen atoms in total. The van der Waals surface area contributed by atoms with Crippen LogP contribution in [0, 0.1) is 0 Å². The molecule has 3 heterocycles. The van der Waals surface area contributed by atoms with Gasteiger partial charge in [-0.05, 0) is 11.6 Å². The molecule has 120 valence electrons. The summed E-state index contributed by atoms with van der Waals surface area (Å²) in [7, 11) is 1.53. The van der Waals surface area contributed by atoms with Crippen molar-refractivity contribution in [3.8, 4) is 11.8 Å². The van der Waals surface area contributed by atoms with Crippen molar-refractivity contribution in [1.82, 2.24) is 19.9 Å². The van der Waals surface area contributed by atoms with Gasteiger partial charge in [0.2, 0.25) is 17.7 Å². The molecule has 7 heteroatoms. The van der Waals surface area contributed by atoms with E-state index in [4.69, 9.17) is 9.47 Å². The van der Waals surface area contributed by atoms with Crippen LogP contribution in [0.1, 0.15) is 12.0 Å². The van der Waals surface area contributed by atoms with E-state index in [0.29, 0.717) is 31.3 Å². The van der Waals surface area contributed by atoms with Crippen LogP contribution in [0.3, 0.4) is 0 Å². The molecule has 1 fully saturated rings. The lowest BCUT2D eigenvalue weighted by Crippen LogP contribution is -2.32. The smallest absolute Gasteiger partial charge is 0.235 e. The number of hydrogen-bond donors (Lipinski definition) is 0. The monoisotopic (exact) mass is 314 g/mol. The molecule has 0 radical (unpaired) electrons. The Kier molecular flexibility index (Phi) is 4.65. The summed E-state index contributed by atoms with van der Waals surface area (Å²) in [5.74, 6) is 0.904. The first-order valence-electron chi connectivity index (χ1n) is 7.44. The van der Waals surface area contributed by atoms with E-state index in [0.717, 1.165) is 12.0 Å². The second kappa shape index (κ2) is 7.04. The lowest BCUT2D eigenvalue weighted by molar-refractivity contribution is -0.129. The molecule has 0 N–H and O–H groups in total. The number of nitrogens with zero attached hydrogens (tertiary/aromatic N) is 4. The molecule has 0 spiro atoms. The molecular formula is C16H18N4O3. The average Bonchev–Trinajstić information content (AvgIpc) is 3.04. The van der Waals surface area contributed by atoms with Crippen molar-refractivity contribution in [2.24, 2.45) is 0 Å². The predicted molar refractivity (Wildman–Crippen MR) is 82.1 cm³/mol. The molecule has 1 amide bonds. The largest absolute Gasteiger partial charge is 0.480 e. The number of likely N-dealkylation sites (tertiary alicyclic amines) is 1. The number of ether oxygens (including phenoxy) is 2. The van der Waals surface area contributed by atoms with E-state index in [9.17, 15) is 4.79 Å². The Morgan fingerprint density at radius 1 is 1.30 bits per heavy atom. The molecule has 1 atom stereocenters. The van der Waals surface area contributed by atoms with Crippen LogP contribution in [0.4, 0.5) is 0 Å². The van der Waals surface area contributed by atoms with E-state index in [1.54, 1.807) is 18.6 Å². The molecule has 0 saturated carbocycles. The number of methoxy groups -OCH3 is 1. The summed E-state index contributed by atoms with van der Waals surface area (Å²) in [4.78, 5) is 26.3. The third kappa shape index (κ3) is 3.94. The van der Waals surface area contributed by atoms with Gasteiger partial charge in [-0.2, -0.15) is 4.98 Å². The van der Waals surface area contributed by atoms with Crippen molar-refractivity contribution in [3.63, 3.8) is 0 Å². The van der Waals surface area contributed by atoms with Crippen molar-refractivity contribution >= 4 is 5.91 Å². The molecule has 2 aromatic heterocycles. The van der Waals surface area contributed by atoms with Gasteiger partial charge < -0.3 is 14.4 Å². The van der Waals surface area contributed by atoms with Crippen molar-refractivity contribution in [1.29, 1.82) is 0 Å². The molecule has 1 saturated heterocycles. The van der Waals surface area contributed by atoms with Crippen molar-refractivity contribution in [2.45, 2.75) is 18.9 Å². The second-order valence-corrected chi connectivity index (χ2v) is 5.31. The SMILES string of the molecule is COc1cncc(OC2CCN(C(=O)Cc3cccnc3)C2)n1. The molecule has 0 aliphatic carbocycles. The van der Waals surface area contributed by atoms with Gasteiger partial charge in [-0.1, -0.05) is 6.07 Å². The fraction of sp³-hybridized carbons (Fsp3) is 0.375. The normalized spacial score (nSPS) is 17.1. The zero-order chi connectivity index (χ0) is 16.1. The van der Waals surface area contributed by atoms with Crippen LogP contribution < -0.4 is 9.47 Å². The van der Waals surface area contributed by atoms with Crippen LogP contribution in [-0.4, -0.2) is 52.1 Å². The van der Waals surface area contributed by atoms with Gasteiger partial charge in [-0.3, -0.25) is 14.8 Å². The number of pyridine rings is 1. The molecule has 1 aliphatic rings. The number of carbonyl (C=O) groups is 1. The average molecular weight is 314 g/mol. The summed E-state index contributed by atoms with van der Waals surface area (Å²) >= 11 is 0. The fourth-order valence-corrected chi connectivity index (χ4v) is 2.50. The molecule has 1 unspecified atom stereocenters. The van der Waals surface area contributed by atoms with Crippen LogP contribution in [0.15, 0.2) is 36.9 Å². The van der Waals surface area contributed by atoms with E-state index in [-0.39, 0.29) is 12.0 Å². The first-order valence-corrected chi connectivity index (χ1v) is 7.44. The number of carbonyl (C=O) groups excluding carboxylic acids is 1. The minimum absolute atomic E-state index is 0.0748. The highest BCUT2D eigenvalue weighted by atomic mass is 16.5. The first-order chi connectivity index (χ1) is 11.2. The lowest BCUT2D eigenvalue weighted by Gasteiger charge is -2.17. The van der Waals surface area contributed by atoms with Gasteiger partial charge in [0.25, 0.3) is 0 Å². The maximum absolute atomic E-state index is 12.3. The quantitative estimate of drug-likeness (QED) is 0.822. The van der Waals surface area contributed by atoms with E-state index >= 15 is 0 Å². The number of rotatable bonds is 5. The fourth-order valence-electron chi connectivity index (χ4n) is 2.50. The Hall–Kier alpha value is -2.70. The number of hydrogen-bond acceptors (Lipinski definition) is 6. The Labute approximate surface area is 134 Å². The van der Waals surface area contributed by atoms with E-state index < -0.39 is 0 Å². The predicted octanol–water partition coefficient (Wildman–Crippen LogP) is 1.10. The Bertz CT molecular complexity index is 665. The minimum Gasteiger partial charge on any atom is -0.480 e. The van der Waals surface area contributed by atoms with Gasteiger partial charge in [0.05, 0.1) is 32.5 Å². The van der Waals surface area contributed by atoms with Crippen LogP contribution in [0.25, 0.3) is 0 Å². The minimum atomic E-state index is -0.0748.